The number of nitrogens with zero attached hydrogens (tertiary/aromatic N) is 2. The molecule has 6 nitrogen and oxygen atoms in total. The quantitative estimate of drug-likeness (QED) is 0.624. The molecule has 5 rings (SSSR count). The molecule has 1 aliphatic carbocycles. The summed E-state index contributed by atoms with van der Waals surface area (Å²) in [5.74, 6) is -0.180. The molecule has 0 atom stereocenters. The fraction of sp³-hybridized carbons (Fsp3) is 0.536. The van der Waals surface area contributed by atoms with E-state index in [4.69, 9.17) is 0 Å². The van der Waals surface area contributed by atoms with E-state index in [1.165, 1.54) is 49.0 Å². The molecule has 0 aromatic heterocycles. The number of hydrogen-bond acceptors (Lipinski definition) is 4. The lowest BCUT2D eigenvalue weighted by molar-refractivity contribution is -0.120. The van der Waals surface area contributed by atoms with Gasteiger partial charge in [0.05, 0.1) is 4.90 Å². The van der Waals surface area contributed by atoms with Gasteiger partial charge in [0.15, 0.2) is 0 Å². The lowest BCUT2D eigenvalue weighted by Gasteiger charge is -2.31. The monoisotopic (exact) mass is 495 g/mol. The third-order valence-electron chi connectivity index (χ3n) is 7.92. The van der Waals surface area contributed by atoms with Crippen LogP contribution in [-0.4, -0.2) is 56.3 Å². The van der Waals surface area contributed by atoms with E-state index >= 15 is 0 Å². The maximum atomic E-state index is 13.2. The van der Waals surface area contributed by atoms with Crippen molar-refractivity contribution in [2.24, 2.45) is 5.92 Å². The highest BCUT2D eigenvalue weighted by Crippen LogP contribution is 2.28. The zero-order valence-electron chi connectivity index (χ0n) is 20.5. The zero-order valence-corrected chi connectivity index (χ0v) is 21.4. The lowest BCUT2D eigenvalue weighted by Crippen LogP contribution is -2.41. The highest BCUT2D eigenvalue weighted by Gasteiger charge is 2.32. The average Bonchev–Trinajstić information content (AvgIpc) is 3.42. The van der Waals surface area contributed by atoms with Crippen molar-refractivity contribution >= 4 is 21.6 Å². The zero-order chi connectivity index (χ0) is 24.3. The Morgan fingerprint density at radius 3 is 2.26 bits per heavy atom. The second-order valence-corrected chi connectivity index (χ2v) is 12.2. The topological polar surface area (TPSA) is 69.7 Å². The first-order chi connectivity index (χ1) is 17.0. The molecule has 3 aliphatic rings. The number of likely N-dealkylation sites (tertiary alicyclic amines) is 1. The van der Waals surface area contributed by atoms with Crippen molar-refractivity contribution in [2.75, 3.05) is 38.0 Å². The molecule has 1 amide bonds. The number of carbonyl (C=O) groups excluding carboxylic acids is 1. The average molecular weight is 496 g/mol. The number of benzene rings is 2. The summed E-state index contributed by atoms with van der Waals surface area (Å²) in [5.41, 5.74) is 4.55. The molecule has 0 spiro atoms. The smallest absolute Gasteiger partial charge is 0.243 e. The maximum Gasteiger partial charge on any atom is 0.243 e. The summed E-state index contributed by atoms with van der Waals surface area (Å²) < 4.78 is 28.0. The highest BCUT2D eigenvalue weighted by molar-refractivity contribution is 7.89. The van der Waals surface area contributed by atoms with Crippen LogP contribution in [0.15, 0.2) is 47.4 Å². The Bertz CT molecular complexity index is 1130. The minimum absolute atomic E-state index is 0.0133. The summed E-state index contributed by atoms with van der Waals surface area (Å²) in [7, 11) is -3.52. The molecule has 0 bridgehead atoms. The minimum atomic E-state index is -3.52. The van der Waals surface area contributed by atoms with E-state index in [2.05, 4.69) is 22.3 Å². The predicted molar refractivity (Wildman–Crippen MR) is 139 cm³/mol. The number of hydrogen-bond donors (Lipinski definition) is 1. The van der Waals surface area contributed by atoms with Crippen molar-refractivity contribution in [3.8, 4) is 0 Å². The van der Waals surface area contributed by atoms with E-state index in [1.807, 2.05) is 24.3 Å². The molecule has 7 heteroatoms. The van der Waals surface area contributed by atoms with Gasteiger partial charge in [-0.3, -0.25) is 4.79 Å². The molecule has 35 heavy (non-hydrogen) atoms. The van der Waals surface area contributed by atoms with E-state index in [-0.39, 0.29) is 11.8 Å². The predicted octanol–water partition coefficient (Wildman–Crippen LogP) is 4.24. The third-order valence-corrected chi connectivity index (χ3v) is 9.81. The summed E-state index contributed by atoms with van der Waals surface area (Å²) in [6, 6.07) is 13.8. The van der Waals surface area contributed by atoms with E-state index in [0.717, 1.165) is 37.9 Å². The van der Waals surface area contributed by atoms with Crippen LogP contribution in [-0.2, 0) is 34.1 Å². The first kappa shape index (κ1) is 24.5. The molecule has 0 saturated carbocycles. The highest BCUT2D eigenvalue weighted by atomic mass is 32.2. The van der Waals surface area contributed by atoms with Gasteiger partial charge in [0.25, 0.3) is 0 Å². The standard InChI is InChI=1S/C28H37N3O3S/c32-28(29-26-10-7-22(8-11-26)13-18-30-16-3-4-17-30)24-14-19-31(20-15-24)35(33,34)27-12-9-23-5-1-2-6-25(23)21-27/h7-12,21,24H,1-6,13-20H2,(H,29,32). The number of amides is 1. The number of piperidine rings is 1. The Morgan fingerprint density at radius 2 is 1.54 bits per heavy atom. The molecule has 1 N–H and O–H groups in total. The number of fused-ring (bicyclic) bond motifs is 1. The van der Waals surface area contributed by atoms with E-state index in [0.29, 0.717) is 30.8 Å². The van der Waals surface area contributed by atoms with Crippen LogP contribution in [0.5, 0.6) is 0 Å². The second kappa shape index (κ2) is 10.8. The van der Waals surface area contributed by atoms with E-state index < -0.39 is 10.0 Å². The Labute approximate surface area is 209 Å². The largest absolute Gasteiger partial charge is 0.326 e. The van der Waals surface area contributed by atoms with Crippen molar-refractivity contribution in [3.05, 3.63) is 59.2 Å². The summed E-state index contributed by atoms with van der Waals surface area (Å²) >= 11 is 0. The van der Waals surface area contributed by atoms with Gasteiger partial charge in [-0.25, -0.2) is 8.42 Å². The number of anilines is 1. The number of carbonyl (C=O) groups is 1. The number of nitrogens with one attached hydrogen (secondary N) is 1. The minimum Gasteiger partial charge on any atom is -0.326 e. The fourth-order valence-electron chi connectivity index (χ4n) is 5.67. The van der Waals surface area contributed by atoms with Crippen molar-refractivity contribution in [1.29, 1.82) is 0 Å². The normalized spacial score (nSPS) is 20.0. The number of sulfonamides is 1. The Balaban J connectivity index is 1.12. The van der Waals surface area contributed by atoms with Crippen LogP contribution in [0, 0.1) is 5.92 Å². The van der Waals surface area contributed by atoms with E-state index in [9.17, 15) is 13.2 Å². The molecule has 2 aromatic rings. The van der Waals surface area contributed by atoms with Gasteiger partial charge < -0.3 is 10.2 Å². The van der Waals surface area contributed by atoms with E-state index in [1.54, 1.807) is 10.4 Å². The van der Waals surface area contributed by atoms with Crippen molar-refractivity contribution in [1.82, 2.24) is 9.21 Å². The summed E-state index contributed by atoms with van der Waals surface area (Å²) in [5, 5.41) is 3.04. The first-order valence-electron chi connectivity index (χ1n) is 13.2. The Hall–Kier alpha value is -2.22. The molecule has 0 radical (unpaired) electrons. The van der Waals surface area contributed by atoms with Gasteiger partial charge in [-0.15, -0.1) is 0 Å². The van der Waals surface area contributed by atoms with Crippen molar-refractivity contribution in [3.63, 3.8) is 0 Å². The fourth-order valence-corrected chi connectivity index (χ4v) is 7.19. The first-order valence-corrected chi connectivity index (χ1v) is 14.7. The van der Waals surface area contributed by atoms with Crippen molar-refractivity contribution < 1.29 is 13.2 Å². The van der Waals surface area contributed by atoms with Gasteiger partial charge in [-0.05, 0) is 112 Å². The van der Waals surface area contributed by atoms with Gasteiger partial charge in [0.1, 0.15) is 0 Å². The van der Waals surface area contributed by atoms with Crippen LogP contribution in [0.4, 0.5) is 5.69 Å². The summed E-state index contributed by atoms with van der Waals surface area (Å²) in [6.45, 7) is 4.28. The molecular weight excluding hydrogens is 458 g/mol. The molecule has 188 valence electrons. The van der Waals surface area contributed by atoms with Crippen LogP contribution in [0.25, 0.3) is 0 Å². The molecule has 2 fully saturated rings. The number of aryl methyl sites for hydroxylation is 2. The van der Waals surface area contributed by atoms with Gasteiger partial charge in [0, 0.05) is 31.2 Å². The molecule has 0 unspecified atom stereocenters. The third kappa shape index (κ3) is 5.79. The van der Waals surface area contributed by atoms with Crippen LogP contribution in [0.1, 0.15) is 55.2 Å². The lowest BCUT2D eigenvalue weighted by atomic mass is 9.92. The molecule has 2 aromatic carbocycles. The van der Waals surface area contributed by atoms with Crippen molar-refractivity contribution in [2.45, 2.75) is 62.7 Å². The molecular formula is C28H37N3O3S. The Morgan fingerprint density at radius 1 is 0.857 bits per heavy atom. The second-order valence-electron chi connectivity index (χ2n) is 10.3. The van der Waals surface area contributed by atoms with Crippen LogP contribution in [0.3, 0.4) is 0 Å². The Kier molecular flexibility index (Phi) is 7.56. The molecule has 2 saturated heterocycles. The molecule has 2 heterocycles. The van der Waals surface area contributed by atoms with Gasteiger partial charge in [0.2, 0.25) is 15.9 Å². The van der Waals surface area contributed by atoms with Gasteiger partial charge >= 0.3 is 0 Å². The number of rotatable bonds is 7. The SMILES string of the molecule is O=C(Nc1ccc(CCN2CCCC2)cc1)C1CCN(S(=O)(=O)c2ccc3c(c2)CCCC3)CC1. The van der Waals surface area contributed by atoms with Gasteiger partial charge in [-0.2, -0.15) is 4.31 Å². The summed E-state index contributed by atoms with van der Waals surface area (Å²) in [4.78, 5) is 15.8. The van der Waals surface area contributed by atoms with Crippen LogP contribution in [0.2, 0.25) is 0 Å². The maximum absolute atomic E-state index is 13.2. The summed E-state index contributed by atoms with van der Waals surface area (Å²) in [6.07, 6.45) is 9.04. The van der Waals surface area contributed by atoms with Crippen LogP contribution < -0.4 is 5.32 Å². The van der Waals surface area contributed by atoms with Crippen LogP contribution >= 0.6 is 0 Å². The molecule has 2 aliphatic heterocycles. The van der Waals surface area contributed by atoms with Gasteiger partial charge in [-0.1, -0.05) is 18.2 Å².